The Bertz CT molecular complexity index is 298. The molecular formula is C14H25NO4. The molecule has 1 aliphatic rings. The Kier molecular flexibility index (Phi) is 6.67. The van der Waals surface area contributed by atoms with Crippen molar-refractivity contribution in [2.75, 3.05) is 13.2 Å². The molecule has 0 heterocycles. The van der Waals surface area contributed by atoms with E-state index in [9.17, 15) is 9.59 Å². The zero-order valence-electron chi connectivity index (χ0n) is 12.0. The number of alkyl carbamates (subject to hydrolysis) is 1. The van der Waals surface area contributed by atoms with Crippen LogP contribution in [0.25, 0.3) is 0 Å². The number of hydrogen-bond acceptors (Lipinski definition) is 4. The van der Waals surface area contributed by atoms with E-state index in [0.717, 1.165) is 32.1 Å². The van der Waals surface area contributed by atoms with Crippen LogP contribution in [0.1, 0.15) is 58.8 Å². The van der Waals surface area contributed by atoms with Crippen molar-refractivity contribution in [3.8, 4) is 0 Å². The van der Waals surface area contributed by atoms with Gasteiger partial charge in [-0.15, -0.1) is 0 Å². The standard InChI is InChI=1S/C14H25NO4/c1-3-5-8-11-19-12(16)14(9-6-7-10-14)15-13(17)18-4-2/h3-11H2,1-2H3,(H,15,17). The first-order valence-electron chi connectivity index (χ1n) is 7.27. The van der Waals surface area contributed by atoms with E-state index in [0.29, 0.717) is 26.1 Å². The van der Waals surface area contributed by atoms with Crippen LogP contribution in [0.4, 0.5) is 4.79 Å². The Hall–Kier alpha value is -1.26. The fourth-order valence-corrected chi connectivity index (χ4v) is 2.38. The van der Waals surface area contributed by atoms with Gasteiger partial charge in [-0.1, -0.05) is 32.6 Å². The van der Waals surface area contributed by atoms with Gasteiger partial charge < -0.3 is 14.8 Å². The molecular weight excluding hydrogens is 246 g/mol. The zero-order chi connectivity index (χ0) is 14.1. The van der Waals surface area contributed by atoms with Gasteiger partial charge in [-0.25, -0.2) is 9.59 Å². The summed E-state index contributed by atoms with van der Waals surface area (Å²) in [4.78, 5) is 23.7. The van der Waals surface area contributed by atoms with Crippen LogP contribution in [-0.4, -0.2) is 30.8 Å². The van der Waals surface area contributed by atoms with Gasteiger partial charge in [0, 0.05) is 0 Å². The van der Waals surface area contributed by atoms with Crippen LogP contribution in [0, 0.1) is 0 Å². The van der Waals surface area contributed by atoms with Gasteiger partial charge in [0.05, 0.1) is 13.2 Å². The summed E-state index contributed by atoms with van der Waals surface area (Å²) in [5.41, 5.74) is -0.863. The smallest absolute Gasteiger partial charge is 0.408 e. The fourth-order valence-electron chi connectivity index (χ4n) is 2.38. The molecule has 110 valence electrons. The molecule has 1 N–H and O–H groups in total. The molecule has 5 heteroatoms. The number of carbonyl (C=O) groups excluding carboxylic acids is 2. The molecule has 0 spiro atoms. The predicted molar refractivity (Wildman–Crippen MR) is 71.8 cm³/mol. The van der Waals surface area contributed by atoms with Crippen molar-refractivity contribution in [2.24, 2.45) is 0 Å². The summed E-state index contributed by atoms with van der Waals surface area (Å²) in [6, 6.07) is 0. The Morgan fingerprint density at radius 2 is 1.79 bits per heavy atom. The van der Waals surface area contributed by atoms with Gasteiger partial charge in [0.15, 0.2) is 0 Å². The van der Waals surface area contributed by atoms with Crippen molar-refractivity contribution in [3.63, 3.8) is 0 Å². The molecule has 0 saturated heterocycles. The van der Waals surface area contributed by atoms with Gasteiger partial charge in [0.25, 0.3) is 0 Å². The summed E-state index contributed by atoms with van der Waals surface area (Å²) in [5, 5.41) is 2.70. The van der Waals surface area contributed by atoms with Gasteiger partial charge in [-0.2, -0.15) is 0 Å². The summed E-state index contributed by atoms with van der Waals surface area (Å²) in [5.74, 6) is -0.311. The second-order valence-electron chi connectivity index (χ2n) is 4.98. The van der Waals surface area contributed by atoms with E-state index in [1.165, 1.54) is 0 Å². The maximum atomic E-state index is 12.2. The number of hydrogen-bond donors (Lipinski definition) is 1. The van der Waals surface area contributed by atoms with Crippen LogP contribution in [-0.2, 0) is 14.3 Å². The second-order valence-corrected chi connectivity index (χ2v) is 4.98. The van der Waals surface area contributed by atoms with Gasteiger partial charge >= 0.3 is 12.1 Å². The molecule has 0 aliphatic heterocycles. The molecule has 1 aliphatic carbocycles. The number of ether oxygens (including phenoxy) is 2. The van der Waals surface area contributed by atoms with Crippen molar-refractivity contribution in [2.45, 2.75) is 64.3 Å². The minimum absolute atomic E-state index is 0.299. The third-order valence-corrected chi connectivity index (χ3v) is 3.45. The fraction of sp³-hybridized carbons (Fsp3) is 0.857. The first kappa shape index (κ1) is 15.8. The number of nitrogens with one attached hydrogen (secondary N) is 1. The lowest BCUT2D eigenvalue weighted by Gasteiger charge is -2.27. The van der Waals surface area contributed by atoms with E-state index in [-0.39, 0.29) is 5.97 Å². The summed E-state index contributed by atoms with van der Waals surface area (Å²) < 4.78 is 10.2. The van der Waals surface area contributed by atoms with Crippen molar-refractivity contribution in [3.05, 3.63) is 0 Å². The first-order chi connectivity index (χ1) is 9.14. The van der Waals surface area contributed by atoms with E-state index in [1.807, 2.05) is 0 Å². The Labute approximate surface area is 115 Å². The topological polar surface area (TPSA) is 64.6 Å². The highest BCUT2D eigenvalue weighted by Crippen LogP contribution is 2.31. The largest absolute Gasteiger partial charge is 0.464 e. The molecule has 0 atom stereocenters. The maximum absolute atomic E-state index is 12.2. The molecule has 1 amide bonds. The molecule has 1 saturated carbocycles. The monoisotopic (exact) mass is 271 g/mol. The molecule has 1 rings (SSSR count). The van der Waals surface area contributed by atoms with Crippen LogP contribution < -0.4 is 5.32 Å². The van der Waals surface area contributed by atoms with E-state index in [4.69, 9.17) is 9.47 Å². The van der Waals surface area contributed by atoms with Crippen molar-refractivity contribution in [1.82, 2.24) is 5.32 Å². The molecule has 0 aromatic carbocycles. The Balaban J connectivity index is 2.50. The third-order valence-electron chi connectivity index (χ3n) is 3.45. The van der Waals surface area contributed by atoms with Crippen LogP contribution in [0.15, 0.2) is 0 Å². The average Bonchev–Trinajstić information content (AvgIpc) is 2.84. The molecule has 0 unspecified atom stereocenters. The number of rotatable bonds is 7. The van der Waals surface area contributed by atoms with Crippen molar-refractivity contribution >= 4 is 12.1 Å². The molecule has 0 aromatic heterocycles. The van der Waals surface area contributed by atoms with E-state index < -0.39 is 11.6 Å². The third kappa shape index (κ3) is 4.73. The van der Waals surface area contributed by atoms with E-state index in [2.05, 4.69) is 12.2 Å². The summed E-state index contributed by atoms with van der Waals surface area (Å²) in [6.07, 6.45) is 5.60. The van der Waals surface area contributed by atoms with Gasteiger partial charge in [-0.05, 0) is 26.2 Å². The molecule has 19 heavy (non-hydrogen) atoms. The molecule has 1 fully saturated rings. The highest BCUT2D eigenvalue weighted by molar-refractivity contribution is 5.86. The summed E-state index contributed by atoms with van der Waals surface area (Å²) in [6.45, 7) is 4.57. The second kappa shape index (κ2) is 8.02. The lowest BCUT2D eigenvalue weighted by molar-refractivity contribution is -0.151. The van der Waals surface area contributed by atoms with E-state index >= 15 is 0 Å². The van der Waals surface area contributed by atoms with Crippen molar-refractivity contribution in [1.29, 1.82) is 0 Å². The number of esters is 1. The summed E-state index contributed by atoms with van der Waals surface area (Å²) in [7, 11) is 0. The molecule has 0 radical (unpaired) electrons. The predicted octanol–water partition coefficient (Wildman–Crippen LogP) is 2.78. The lowest BCUT2D eigenvalue weighted by atomic mass is 9.98. The first-order valence-corrected chi connectivity index (χ1v) is 7.27. The Morgan fingerprint density at radius 3 is 2.37 bits per heavy atom. The number of unbranched alkanes of at least 4 members (excludes halogenated alkanes) is 2. The van der Waals surface area contributed by atoms with Crippen LogP contribution in [0.5, 0.6) is 0 Å². The number of amides is 1. The van der Waals surface area contributed by atoms with Gasteiger partial charge in [-0.3, -0.25) is 0 Å². The zero-order valence-corrected chi connectivity index (χ0v) is 12.0. The molecule has 0 bridgehead atoms. The van der Waals surface area contributed by atoms with Crippen molar-refractivity contribution < 1.29 is 19.1 Å². The average molecular weight is 271 g/mol. The van der Waals surface area contributed by atoms with Crippen LogP contribution >= 0.6 is 0 Å². The quantitative estimate of drug-likeness (QED) is 0.571. The highest BCUT2D eigenvalue weighted by Gasteiger charge is 2.44. The number of carbonyl (C=O) groups is 2. The lowest BCUT2D eigenvalue weighted by Crippen LogP contribution is -2.53. The maximum Gasteiger partial charge on any atom is 0.408 e. The minimum atomic E-state index is -0.863. The highest BCUT2D eigenvalue weighted by atomic mass is 16.6. The Morgan fingerprint density at radius 1 is 1.11 bits per heavy atom. The minimum Gasteiger partial charge on any atom is -0.464 e. The van der Waals surface area contributed by atoms with Crippen LogP contribution in [0.3, 0.4) is 0 Å². The molecule has 5 nitrogen and oxygen atoms in total. The van der Waals surface area contributed by atoms with Crippen LogP contribution in [0.2, 0.25) is 0 Å². The summed E-state index contributed by atoms with van der Waals surface area (Å²) >= 11 is 0. The normalized spacial score (nSPS) is 16.9. The SMILES string of the molecule is CCCCCOC(=O)C1(NC(=O)OCC)CCCC1. The van der Waals surface area contributed by atoms with E-state index in [1.54, 1.807) is 6.92 Å². The van der Waals surface area contributed by atoms with Gasteiger partial charge in [0.2, 0.25) is 0 Å². The van der Waals surface area contributed by atoms with Gasteiger partial charge in [0.1, 0.15) is 5.54 Å². The molecule has 0 aromatic rings.